The molecule has 0 radical (unpaired) electrons. The van der Waals surface area contributed by atoms with E-state index >= 15 is 0 Å². The zero-order chi connectivity index (χ0) is 29.9. The quantitative estimate of drug-likeness (QED) is 0.151. The molecule has 0 unspecified atom stereocenters. The molecule has 5 rings (SSSR count). The third-order valence-electron chi connectivity index (χ3n) is 6.48. The monoisotopic (exact) mass is 598 g/mol. The maximum atomic E-state index is 12.8. The number of aliphatic imine (C=N–C) groups is 1. The van der Waals surface area contributed by atoms with Crippen molar-refractivity contribution in [1.82, 2.24) is 5.01 Å². The van der Waals surface area contributed by atoms with Crippen LogP contribution in [0.15, 0.2) is 94.5 Å². The van der Waals surface area contributed by atoms with E-state index in [1.165, 1.54) is 36.0 Å². The van der Waals surface area contributed by atoms with Crippen LogP contribution in [-0.4, -0.2) is 53.4 Å². The lowest BCUT2D eigenvalue weighted by atomic mass is 10.1. The number of amides is 1. The van der Waals surface area contributed by atoms with Gasteiger partial charge >= 0.3 is 0 Å². The van der Waals surface area contributed by atoms with Crippen LogP contribution in [0.25, 0.3) is 6.08 Å². The van der Waals surface area contributed by atoms with Gasteiger partial charge in [-0.25, -0.2) is 0 Å². The second kappa shape index (κ2) is 15.1. The average molecular weight is 599 g/mol. The van der Waals surface area contributed by atoms with Gasteiger partial charge < -0.3 is 18.9 Å². The molecule has 10 heteroatoms. The van der Waals surface area contributed by atoms with E-state index in [1.54, 1.807) is 12.1 Å². The van der Waals surface area contributed by atoms with Crippen LogP contribution < -0.4 is 18.9 Å². The third-order valence-corrected chi connectivity index (χ3v) is 7.36. The van der Waals surface area contributed by atoms with Gasteiger partial charge in [0.15, 0.2) is 5.84 Å². The molecule has 1 N–H and O–H groups in total. The number of ether oxygens (including phenoxy) is 4. The summed E-state index contributed by atoms with van der Waals surface area (Å²) >= 11 is 1.22. The molecule has 3 aromatic rings. The van der Waals surface area contributed by atoms with Gasteiger partial charge in [-0.15, -0.1) is 0 Å². The lowest BCUT2D eigenvalue weighted by molar-refractivity contribution is -0.114. The number of carbonyl (C=O) groups excluding carboxylic acids is 1. The summed E-state index contributed by atoms with van der Waals surface area (Å²) in [5.74, 6) is 2.39. The molecule has 0 aliphatic carbocycles. The number of hydrogen-bond acceptors (Lipinski definition) is 8. The molecule has 2 heterocycles. The minimum Gasteiger partial charge on any atom is -0.494 e. The van der Waals surface area contributed by atoms with Crippen LogP contribution in [-0.2, 0) is 4.79 Å². The predicted octanol–water partition coefficient (Wildman–Crippen LogP) is 6.80. The van der Waals surface area contributed by atoms with Gasteiger partial charge in [-0.3, -0.25) is 10.2 Å². The van der Waals surface area contributed by atoms with Crippen LogP contribution >= 0.6 is 11.8 Å². The predicted molar refractivity (Wildman–Crippen MR) is 170 cm³/mol. The summed E-state index contributed by atoms with van der Waals surface area (Å²) < 4.78 is 23.2. The molecule has 0 fully saturated rings. The molecule has 2 aliphatic heterocycles. The first-order valence-electron chi connectivity index (χ1n) is 14.3. The Balaban J connectivity index is 1.11. The normalized spacial score (nSPS) is 15.2. The van der Waals surface area contributed by atoms with Crippen molar-refractivity contribution < 1.29 is 23.7 Å². The summed E-state index contributed by atoms with van der Waals surface area (Å²) in [6.45, 7) is 3.84. The van der Waals surface area contributed by atoms with Gasteiger partial charge in [0.2, 0.25) is 5.17 Å². The maximum Gasteiger partial charge on any atom is 0.283 e. The Bertz CT molecular complexity index is 1510. The number of carbonyl (C=O) groups is 1. The smallest absolute Gasteiger partial charge is 0.283 e. The molecule has 222 valence electrons. The van der Waals surface area contributed by atoms with Gasteiger partial charge in [-0.1, -0.05) is 56.5 Å². The zero-order valence-corrected chi connectivity index (χ0v) is 24.8. The highest BCUT2D eigenvalue weighted by atomic mass is 32.2. The Morgan fingerprint density at radius 2 is 1.47 bits per heavy atom. The molecule has 3 aromatic carbocycles. The molecule has 0 spiro atoms. The fraction of sp³-hybridized carbons (Fsp3) is 0.273. The van der Waals surface area contributed by atoms with Crippen molar-refractivity contribution in [2.45, 2.75) is 32.6 Å². The molecule has 0 saturated carbocycles. The standard InChI is InChI=1S/C33H34N4O5S/c1-2-3-4-8-18-39-26-14-16-27(17-15-26)40-19-20-41-28-13-9-10-24(21-28)22-29-31(34)37-33(35-32(29)38)43-30(36-37)23-42-25-11-6-5-7-12-25/h5-7,9-17,21-22,34H,2-4,8,18-20,23H2,1H3/b29-22-,34-31?. The molecular formula is C33H34N4O5S. The highest BCUT2D eigenvalue weighted by Crippen LogP contribution is 2.29. The highest BCUT2D eigenvalue weighted by molar-refractivity contribution is 8.27. The first kappa shape index (κ1) is 29.9. The van der Waals surface area contributed by atoms with Crippen LogP contribution in [0.2, 0.25) is 0 Å². The van der Waals surface area contributed by atoms with E-state index in [2.05, 4.69) is 17.0 Å². The molecule has 1 amide bonds. The van der Waals surface area contributed by atoms with Crippen LogP contribution in [0.1, 0.15) is 38.2 Å². The summed E-state index contributed by atoms with van der Waals surface area (Å²) in [6, 6.07) is 24.3. The van der Waals surface area contributed by atoms with Crippen molar-refractivity contribution >= 4 is 39.8 Å². The van der Waals surface area contributed by atoms with Crippen molar-refractivity contribution in [2.75, 3.05) is 26.4 Å². The SMILES string of the molecule is CCCCCCOc1ccc(OCCOc2cccc(/C=C3/C(=N)N4N=C(COc5ccccc5)SC4=NC3=O)c2)cc1. The third kappa shape index (κ3) is 8.48. The summed E-state index contributed by atoms with van der Waals surface area (Å²) in [6.07, 6.45) is 6.33. The molecule has 2 aliphatic rings. The summed E-state index contributed by atoms with van der Waals surface area (Å²) in [4.78, 5) is 17.0. The Hall–Kier alpha value is -4.57. The number of nitrogens with zero attached hydrogens (tertiary/aromatic N) is 3. The number of unbranched alkanes of at least 4 members (excludes halogenated alkanes) is 3. The van der Waals surface area contributed by atoms with Gasteiger partial charge in [0.05, 0.1) is 12.2 Å². The number of rotatable bonds is 15. The van der Waals surface area contributed by atoms with E-state index in [0.29, 0.717) is 40.5 Å². The zero-order valence-electron chi connectivity index (χ0n) is 24.0. The summed E-state index contributed by atoms with van der Waals surface area (Å²) in [7, 11) is 0. The topological polar surface area (TPSA) is 106 Å². The fourth-order valence-electron chi connectivity index (χ4n) is 4.28. The molecule has 0 aromatic heterocycles. The molecule has 0 bridgehead atoms. The molecule has 9 nitrogen and oxygen atoms in total. The van der Waals surface area contributed by atoms with Crippen molar-refractivity contribution in [1.29, 1.82) is 5.41 Å². The second-order valence-corrected chi connectivity index (χ2v) is 10.8. The fourth-order valence-corrected chi connectivity index (χ4v) is 5.08. The van der Waals surface area contributed by atoms with Crippen LogP contribution in [0, 0.1) is 5.41 Å². The van der Waals surface area contributed by atoms with Gasteiger partial charge in [-0.2, -0.15) is 15.1 Å². The van der Waals surface area contributed by atoms with Crippen LogP contribution in [0.3, 0.4) is 0 Å². The number of hydrogen-bond donors (Lipinski definition) is 1. The minimum absolute atomic E-state index is 0.0372. The molecule has 0 atom stereocenters. The van der Waals surface area contributed by atoms with Crippen LogP contribution in [0.5, 0.6) is 23.0 Å². The maximum absolute atomic E-state index is 12.8. The Morgan fingerprint density at radius 1 is 0.791 bits per heavy atom. The molecular weight excluding hydrogens is 564 g/mol. The number of nitrogens with one attached hydrogen (secondary N) is 1. The van der Waals surface area contributed by atoms with Gasteiger partial charge in [0.1, 0.15) is 47.9 Å². The van der Waals surface area contributed by atoms with Crippen molar-refractivity contribution in [3.63, 3.8) is 0 Å². The number of hydrazone groups is 1. The summed E-state index contributed by atoms with van der Waals surface area (Å²) in [5, 5.41) is 15.4. The number of benzene rings is 3. The van der Waals surface area contributed by atoms with E-state index in [9.17, 15) is 4.79 Å². The van der Waals surface area contributed by atoms with Gasteiger partial charge in [-0.05, 0) is 78.4 Å². The Labute approximate surface area is 255 Å². The molecule has 43 heavy (non-hydrogen) atoms. The van der Waals surface area contributed by atoms with E-state index in [0.717, 1.165) is 24.5 Å². The van der Waals surface area contributed by atoms with E-state index in [-0.39, 0.29) is 18.0 Å². The molecule has 0 saturated heterocycles. The van der Waals surface area contributed by atoms with Gasteiger partial charge in [0, 0.05) is 0 Å². The average Bonchev–Trinajstić information content (AvgIpc) is 3.44. The highest BCUT2D eigenvalue weighted by Gasteiger charge is 2.35. The number of amidine groups is 2. The second-order valence-electron chi connectivity index (χ2n) is 9.77. The Kier molecular flexibility index (Phi) is 10.5. The lowest BCUT2D eigenvalue weighted by Crippen LogP contribution is -2.35. The minimum atomic E-state index is -0.489. The van der Waals surface area contributed by atoms with Crippen molar-refractivity contribution in [3.8, 4) is 23.0 Å². The first-order valence-corrected chi connectivity index (χ1v) is 15.2. The van der Waals surface area contributed by atoms with Crippen molar-refractivity contribution in [2.24, 2.45) is 10.1 Å². The van der Waals surface area contributed by atoms with E-state index in [4.69, 9.17) is 24.4 Å². The number of para-hydroxylation sites is 1. The van der Waals surface area contributed by atoms with E-state index in [1.807, 2.05) is 72.8 Å². The number of fused-ring (bicyclic) bond motifs is 1. The van der Waals surface area contributed by atoms with Gasteiger partial charge in [0.25, 0.3) is 5.91 Å². The first-order chi connectivity index (χ1) is 21.1. The number of thioether (sulfide) groups is 1. The van der Waals surface area contributed by atoms with E-state index < -0.39 is 5.91 Å². The lowest BCUT2D eigenvalue weighted by Gasteiger charge is -2.20. The summed E-state index contributed by atoms with van der Waals surface area (Å²) in [5.41, 5.74) is 0.853. The van der Waals surface area contributed by atoms with Crippen LogP contribution in [0.4, 0.5) is 0 Å². The Morgan fingerprint density at radius 3 is 2.21 bits per heavy atom. The largest absolute Gasteiger partial charge is 0.494 e. The van der Waals surface area contributed by atoms with Crippen molar-refractivity contribution in [3.05, 3.63) is 90.0 Å².